The van der Waals surface area contributed by atoms with Gasteiger partial charge in [0.25, 0.3) is 0 Å². The highest BCUT2D eigenvalue weighted by atomic mass is 32.1. The molecule has 35 heavy (non-hydrogen) atoms. The number of nitriles is 1. The Kier molecular flexibility index (Phi) is 5.59. The lowest BCUT2D eigenvalue weighted by molar-refractivity contribution is -0.137. The average molecular weight is 490 g/mol. The number of hydrogen-bond acceptors (Lipinski definition) is 6. The van der Waals surface area contributed by atoms with Crippen LogP contribution in [0.4, 0.5) is 13.2 Å². The molecule has 0 bridgehead atoms. The first-order valence-corrected chi connectivity index (χ1v) is 11.1. The molecule has 0 aliphatic rings. The Morgan fingerprint density at radius 2 is 1.86 bits per heavy atom. The summed E-state index contributed by atoms with van der Waals surface area (Å²) < 4.78 is 50.1. The van der Waals surface area contributed by atoms with Crippen LogP contribution in [0.2, 0.25) is 0 Å². The molecule has 0 N–H and O–H groups in total. The smallest absolute Gasteiger partial charge is 0.416 e. The van der Waals surface area contributed by atoms with Gasteiger partial charge in [0, 0.05) is 22.4 Å². The molecule has 0 aliphatic heterocycles. The second kappa shape index (κ2) is 8.74. The molecule has 0 aliphatic carbocycles. The summed E-state index contributed by atoms with van der Waals surface area (Å²) >= 11 is 1.17. The lowest BCUT2D eigenvalue weighted by Gasteiger charge is -2.07. The number of nitrogens with zero attached hydrogens (tertiary/aromatic N) is 2. The average Bonchev–Trinajstić information content (AvgIpc) is 3.52. The van der Waals surface area contributed by atoms with Crippen LogP contribution in [0.15, 0.2) is 85.7 Å². The van der Waals surface area contributed by atoms with E-state index in [-0.39, 0.29) is 28.2 Å². The van der Waals surface area contributed by atoms with Gasteiger partial charge in [0.05, 0.1) is 22.4 Å². The Labute approximate surface area is 200 Å². The van der Waals surface area contributed by atoms with Crippen molar-refractivity contribution in [2.45, 2.75) is 6.18 Å². The van der Waals surface area contributed by atoms with E-state index in [1.165, 1.54) is 35.6 Å². The number of allylic oxidation sites excluding steroid dienone is 1. The first-order valence-electron chi connectivity index (χ1n) is 10.2. The van der Waals surface area contributed by atoms with Gasteiger partial charge < -0.3 is 8.83 Å². The first-order chi connectivity index (χ1) is 16.8. The largest absolute Gasteiger partial charge is 0.457 e. The second-order valence-corrected chi connectivity index (χ2v) is 8.33. The summed E-state index contributed by atoms with van der Waals surface area (Å²) in [6, 6.07) is 18.7. The summed E-state index contributed by atoms with van der Waals surface area (Å²) in [5, 5.41) is 12.4. The number of thiazole rings is 1. The van der Waals surface area contributed by atoms with Gasteiger partial charge in [-0.2, -0.15) is 18.4 Å². The minimum atomic E-state index is -4.47. The van der Waals surface area contributed by atoms with Crippen LogP contribution in [0.3, 0.4) is 0 Å². The fourth-order valence-corrected chi connectivity index (χ4v) is 4.27. The standard InChI is InChI=1S/C26H13F3N2O3S/c27-26(28,29)18-6-3-5-15(10-18)23-9-8-19(33-23)11-17(13-30)24-31-21(14-35-24)20-12-16-4-1-2-7-22(16)34-25(20)32/h1-12,14H. The van der Waals surface area contributed by atoms with Crippen molar-refractivity contribution in [3.8, 4) is 28.7 Å². The molecule has 172 valence electrons. The zero-order valence-electron chi connectivity index (χ0n) is 17.7. The molecule has 5 rings (SSSR count). The van der Waals surface area contributed by atoms with E-state index in [0.29, 0.717) is 16.3 Å². The van der Waals surface area contributed by atoms with Crippen LogP contribution in [0.5, 0.6) is 0 Å². The van der Waals surface area contributed by atoms with Gasteiger partial charge in [-0.3, -0.25) is 0 Å². The summed E-state index contributed by atoms with van der Waals surface area (Å²) in [6.45, 7) is 0. The van der Waals surface area contributed by atoms with Gasteiger partial charge in [-0.25, -0.2) is 9.78 Å². The number of benzene rings is 2. The highest BCUT2D eigenvalue weighted by molar-refractivity contribution is 7.11. The molecule has 9 heteroatoms. The van der Waals surface area contributed by atoms with Gasteiger partial charge in [-0.1, -0.05) is 30.3 Å². The quantitative estimate of drug-likeness (QED) is 0.196. The van der Waals surface area contributed by atoms with Crippen LogP contribution in [-0.4, -0.2) is 4.98 Å². The van der Waals surface area contributed by atoms with E-state index < -0.39 is 17.4 Å². The van der Waals surface area contributed by atoms with Gasteiger partial charge >= 0.3 is 11.8 Å². The number of para-hydroxylation sites is 1. The van der Waals surface area contributed by atoms with E-state index in [0.717, 1.165) is 17.5 Å². The molecule has 3 heterocycles. The predicted molar refractivity (Wildman–Crippen MR) is 126 cm³/mol. The third kappa shape index (κ3) is 4.52. The minimum Gasteiger partial charge on any atom is -0.457 e. The number of fused-ring (bicyclic) bond motifs is 1. The van der Waals surface area contributed by atoms with Gasteiger partial charge in [0.15, 0.2) is 0 Å². The zero-order chi connectivity index (χ0) is 24.6. The van der Waals surface area contributed by atoms with Crippen molar-refractivity contribution in [2.24, 2.45) is 0 Å². The molecule has 0 unspecified atom stereocenters. The summed E-state index contributed by atoms with van der Waals surface area (Å²) in [6.07, 6.45) is -3.02. The summed E-state index contributed by atoms with van der Waals surface area (Å²) in [4.78, 5) is 16.8. The fourth-order valence-electron chi connectivity index (χ4n) is 3.48. The minimum absolute atomic E-state index is 0.177. The number of hydrogen-bond donors (Lipinski definition) is 0. The molecule has 0 saturated heterocycles. The summed E-state index contributed by atoms with van der Waals surface area (Å²) in [7, 11) is 0. The van der Waals surface area contributed by atoms with E-state index in [2.05, 4.69) is 11.1 Å². The Morgan fingerprint density at radius 1 is 1.03 bits per heavy atom. The fraction of sp³-hybridized carbons (Fsp3) is 0.0385. The number of rotatable bonds is 4. The van der Waals surface area contributed by atoms with E-state index in [1.54, 1.807) is 29.6 Å². The van der Waals surface area contributed by atoms with Crippen molar-refractivity contribution in [3.05, 3.63) is 98.9 Å². The van der Waals surface area contributed by atoms with Crippen molar-refractivity contribution in [1.82, 2.24) is 4.98 Å². The molecule has 0 spiro atoms. The van der Waals surface area contributed by atoms with Crippen LogP contribution in [0, 0.1) is 11.3 Å². The Morgan fingerprint density at radius 3 is 2.66 bits per heavy atom. The second-order valence-electron chi connectivity index (χ2n) is 7.47. The van der Waals surface area contributed by atoms with Crippen molar-refractivity contribution in [1.29, 1.82) is 5.26 Å². The highest BCUT2D eigenvalue weighted by Crippen LogP contribution is 2.33. The first kappa shape index (κ1) is 22.4. The van der Waals surface area contributed by atoms with Crippen molar-refractivity contribution < 1.29 is 22.0 Å². The van der Waals surface area contributed by atoms with Crippen LogP contribution in [0.1, 0.15) is 16.3 Å². The van der Waals surface area contributed by atoms with Gasteiger partial charge in [-0.15, -0.1) is 11.3 Å². The molecule has 0 saturated carbocycles. The topological polar surface area (TPSA) is 80.0 Å². The monoisotopic (exact) mass is 490 g/mol. The van der Waals surface area contributed by atoms with Crippen molar-refractivity contribution in [2.75, 3.05) is 0 Å². The lowest BCUT2D eigenvalue weighted by Crippen LogP contribution is -2.04. The molecule has 2 aromatic carbocycles. The summed E-state index contributed by atoms with van der Waals surface area (Å²) in [5.41, 5.74) is 0.218. The lowest BCUT2D eigenvalue weighted by atomic mass is 10.1. The summed E-state index contributed by atoms with van der Waals surface area (Å²) in [5.74, 6) is 0.504. The van der Waals surface area contributed by atoms with Crippen molar-refractivity contribution >= 4 is 34.0 Å². The molecular weight excluding hydrogens is 477 g/mol. The predicted octanol–water partition coefficient (Wildman–Crippen LogP) is 7.26. The number of halogens is 3. The van der Waals surface area contributed by atoms with Crippen LogP contribution < -0.4 is 5.63 Å². The van der Waals surface area contributed by atoms with Crippen LogP contribution in [0.25, 0.3) is 45.2 Å². The molecule has 3 aromatic heterocycles. The SMILES string of the molecule is N#CC(=Cc1ccc(-c2cccc(C(F)(F)F)c2)o1)c1nc(-c2cc3ccccc3oc2=O)cs1. The molecule has 5 aromatic rings. The number of furan rings is 1. The van der Waals surface area contributed by atoms with Crippen LogP contribution >= 0.6 is 11.3 Å². The van der Waals surface area contributed by atoms with E-state index in [4.69, 9.17) is 8.83 Å². The van der Waals surface area contributed by atoms with Crippen LogP contribution in [-0.2, 0) is 6.18 Å². The molecule has 0 fully saturated rings. The van der Waals surface area contributed by atoms with E-state index >= 15 is 0 Å². The third-order valence-corrected chi connectivity index (χ3v) is 6.04. The maximum atomic E-state index is 13.0. The maximum absolute atomic E-state index is 13.0. The zero-order valence-corrected chi connectivity index (χ0v) is 18.5. The Hall–Kier alpha value is -4.42. The molecular formula is C26H13F3N2O3S. The number of alkyl halides is 3. The van der Waals surface area contributed by atoms with E-state index in [1.807, 2.05) is 12.1 Å². The van der Waals surface area contributed by atoms with E-state index in [9.17, 15) is 23.2 Å². The van der Waals surface area contributed by atoms with Crippen molar-refractivity contribution in [3.63, 3.8) is 0 Å². The number of aromatic nitrogens is 1. The molecule has 0 radical (unpaired) electrons. The third-order valence-electron chi connectivity index (χ3n) is 5.16. The molecule has 0 amide bonds. The Balaban J connectivity index is 1.46. The molecule has 0 atom stereocenters. The maximum Gasteiger partial charge on any atom is 0.416 e. The highest BCUT2D eigenvalue weighted by Gasteiger charge is 2.30. The van der Waals surface area contributed by atoms with Gasteiger partial charge in [0.1, 0.15) is 28.2 Å². The van der Waals surface area contributed by atoms with Gasteiger partial charge in [0.2, 0.25) is 0 Å². The molecule has 5 nitrogen and oxygen atoms in total. The van der Waals surface area contributed by atoms with Gasteiger partial charge in [-0.05, 0) is 36.4 Å². The Bertz CT molecular complexity index is 1690. The normalized spacial score (nSPS) is 12.1.